The Labute approximate surface area is 249 Å². The van der Waals surface area contributed by atoms with E-state index in [1.165, 1.54) is 12.2 Å². The van der Waals surface area contributed by atoms with Gasteiger partial charge in [-0.2, -0.15) is 0 Å². The first kappa shape index (κ1) is 33.0. The average molecular weight is 644 g/mol. The van der Waals surface area contributed by atoms with Crippen LogP contribution in [0.25, 0.3) is 0 Å². The van der Waals surface area contributed by atoms with Gasteiger partial charge < -0.3 is 28.4 Å². The van der Waals surface area contributed by atoms with Gasteiger partial charge in [0.1, 0.15) is 33.3 Å². The van der Waals surface area contributed by atoms with E-state index in [1.54, 1.807) is 27.7 Å². The largest absolute Gasteiger partial charge is 0.491 e. The second-order valence-corrected chi connectivity index (χ2v) is 10.7. The summed E-state index contributed by atoms with van der Waals surface area (Å²) in [5.74, 6) is -1.09. The van der Waals surface area contributed by atoms with Crippen LogP contribution in [0.1, 0.15) is 27.7 Å². The van der Waals surface area contributed by atoms with E-state index in [0.717, 1.165) is 0 Å². The topological polar surface area (TPSA) is 89.5 Å². The molecule has 0 saturated heterocycles. The van der Waals surface area contributed by atoms with E-state index in [0.29, 0.717) is 0 Å². The molecule has 216 valence electrons. The van der Waals surface area contributed by atoms with Crippen molar-refractivity contribution in [3.8, 4) is 34.5 Å². The molecule has 0 atom stereocenters. The second kappa shape index (κ2) is 15.0. The van der Waals surface area contributed by atoms with Crippen LogP contribution in [0.4, 0.5) is 0 Å². The van der Waals surface area contributed by atoms with Crippen LogP contribution < -0.4 is 28.4 Å². The number of hydrogen-bond donors (Lipinski definition) is 0. The van der Waals surface area contributed by atoms with Crippen molar-refractivity contribution in [2.75, 3.05) is 39.6 Å². The molecule has 0 heterocycles. The molecule has 0 spiro atoms. The molecule has 0 aliphatic heterocycles. The van der Waals surface area contributed by atoms with Gasteiger partial charge in [-0.25, -0.2) is 8.42 Å². The molecule has 39 heavy (non-hydrogen) atoms. The molecule has 0 bridgehead atoms. The number of halogens is 4. The Bertz CT molecular complexity index is 1150. The number of benzene rings is 2. The normalized spacial score (nSPS) is 11.1. The fourth-order valence-corrected chi connectivity index (χ4v) is 6.77. The molecule has 0 aliphatic rings. The summed E-state index contributed by atoms with van der Waals surface area (Å²) >= 11 is 26.5. The van der Waals surface area contributed by atoms with Gasteiger partial charge >= 0.3 is 0 Å². The van der Waals surface area contributed by atoms with Crippen LogP contribution in [0.5, 0.6) is 34.5 Å². The molecular weight excluding hydrogens is 614 g/mol. The van der Waals surface area contributed by atoms with E-state index in [2.05, 4.69) is 13.2 Å². The lowest BCUT2D eigenvalue weighted by atomic mass is 10.2. The molecule has 0 saturated carbocycles. The summed E-state index contributed by atoms with van der Waals surface area (Å²) < 4.78 is 63.4. The number of rotatable bonds is 16. The SMILES string of the molecule is C=CCOc1c(Cl)c(OCC)c(S(=O)(=O)c2c(OCC)c(Cl)c(OCC=C)c(Cl)c2OCC)c(OCC)c1Cl. The van der Waals surface area contributed by atoms with Crippen molar-refractivity contribution in [1.29, 1.82) is 0 Å². The third kappa shape index (κ3) is 6.77. The van der Waals surface area contributed by atoms with E-state index in [4.69, 9.17) is 74.8 Å². The van der Waals surface area contributed by atoms with Gasteiger partial charge in [0.15, 0.2) is 44.3 Å². The van der Waals surface area contributed by atoms with Crippen molar-refractivity contribution in [3.05, 3.63) is 45.4 Å². The number of sulfone groups is 1. The minimum Gasteiger partial charge on any atom is -0.491 e. The van der Waals surface area contributed by atoms with Gasteiger partial charge in [0.05, 0.1) is 26.4 Å². The fourth-order valence-electron chi connectivity index (χ4n) is 3.43. The Morgan fingerprint density at radius 2 is 0.795 bits per heavy atom. The monoisotopic (exact) mass is 642 g/mol. The van der Waals surface area contributed by atoms with Crippen LogP contribution in [-0.2, 0) is 9.84 Å². The van der Waals surface area contributed by atoms with E-state index < -0.39 is 19.6 Å². The first-order chi connectivity index (χ1) is 18.6. The van der Waals surface area contributed by atoms with E-state index in [9.17, 15) is 8.42 Å². The van der Waals surface area contributed by atoms with Crippen molar-refractivity contribution in [1.82, 2.24) is 0 Å². The highest BCUT2D eigenvalue weighted by atomic mass is 35.5. The van der Waals surface area contributed by atoms with Gasteiger partial charge in [0.25, 0.3) is 0 Å². The fraction of sp³-hybridized carbons (Fsp3) is 0.385. The van der Waals surface area contributed by atoms with E-state index >= 15 is 0 Å². The summed E-state index contributed by atoms with van der Waals surface area (Å²) in [7, 11) is -4.70. The zero-order chi connectivity index (χ0) is 29.3. The van der Waals surface area contributed by atoms with Gasteiger partial charge in [-0.3, -0.25) is 0 Å². The third-order valence-electron chi connectivity index (χ3n) is 4.80. The third-order valence-corrected chi connectivity index (χ3v) is 7.99. The Kier molecular flexibility index (Phi) is 12.7. The summed E-state index contributed by atoms with van der Waals surface area (Å²) in [5.41, 5.74) is 0. The second-order valence-electron chi connectivity index (χ2n) is 7.32. The van der Waals surface area contributed by atoms with Gasteiger partial charge in [-0.05, 0) is 27.7 Å². The van der Waals surface area contributed by atoms with Crippen LogP contribution in [0, 0.1) is 0 Å². The van der Waals surface area contributed by atoms with Gasteiger partial charge in [-0.1, -0.05) is 71.7 Å². The van der Waals surface area contributed by atoms with Crippen LogP contribution in [0.3, 0.4) is 0 Å². The first-order valence-electron chi connectivity index (χ1n) is 11.9. The minimum absolute atomic E-state index is 0.0308. The van der Waals surface area contributed by atoms with Crippen LogP contribution in [0.2, 0.25) is 20.1 Å². The summed E-state index contributed by atoms with van der Waals surface area (Å²) in [4.78, 5) is -0.970. The van der Waals surface area contributed by atoms with Crippen molar-refractivity contribution in [2.24, 2.45) is 0 Å². The Morgan fingerprint density at radius 3 is 1.00 bits per heavy atom. The zero-order valence-electron chi connectivity index (χ0n) is 22.0. The van der Waals surface area contributed by atoms with Crippen molar-refractivity contribution in [2.45, 2.75) is 37.5 Å². The quantitative estimate of drug-likeness (QED) is 0.171. The standard InChI is InChI=1S/C26H30Cl4O8S/c1-7-13-37-19-15(27)21(33-9-3)25(22(16(19)28)34-10-4)39(31,32)26-23(35-11-5)17(29)20(38-14-8-2)18(30)24(26)36-12-6/h7-8H,1-2,9-14H2,3-6H3. The lowest BCUT2D eigenvalue weighted by molar-refractivity contribution is 0.294. The average Bonchev–Trinajstić information content (AvgIpc) is 2.89. The number of ether oxygens (including phenoxy) is 6. The molecule has 0 unspecified atom stereocenters. The molecule has 2 aromatic rings. The van der Waals surface area contributed by atoms with Crippen LogP contribution in [0.15, 0.2) is 35.1 Å². The highest BCUT2D eigenvalue weighted by Gasteiger charge is 2.41. The Hall–Kier alpha value is -2.17. The van der Waals surface area contributed by atoms with Gasteiger partial charge in [0, 0.05) is 0 Å². The molecule has 2 rings (SSSR count). The Morgan fingerprint density at radius 1 is 0.538 bits per heavy atom. The number of hydrogen-bond acceptors (Lipinski definition) is 8. The lowest BCUT2D eigenvalue weighted by Crippen LogP contribution is -2.15. The summed E-state index contributed by atoms with van der Waals surface area (Å²) in [5, 5.41) is -0.760. The lowest BCUT2D eigenvalue weighted by Gasteiger charge is -2.24. The zero-order valence-corrected chi connectivity index (χ0v) is 25.8. The molecule has 0 N–H and O–H groups in total. The van der Waals surface area contributed by atoms with E-state index in [1.807, 2.05) is 0 Å². The van der Waals surface area contributed by atoms with E-state index in [-0.39, 0.29) is 94.2 Å². The molecular formula is C26H30Cl4O8S. The molecule has 8 nitrogen and oxygen atoms in total. The highest BCUT2D eigenvalue weighted by Crippen LogP contribution is 2.57. The molecule has 2 aromatic carbocycles. The van der Waals surface area contributed by atoms with Crippen molar-refractivity contribution < 1.29 is 36.8 Å². The van der Waals surface area contributed by atoms with Gasteiger partial charge in [0.2, 0.25) is 9.84 Å². The van der Waals surface area contributed by atoms with Crippen molar-refractivity contribution >= 4 is 56.2 Å². The summed E-state index contributed by atoms with van der Waals surface area (Å²) in [6, 6.07) is 0. The summed E-state index contributed by atoms with van der Waals surface area (Å²) in [6.45, 7) is 14.1. The molecule has 0 amide bonds. The predicted octanol–water partition coefficient (Wildman–Crippen LogP) is 7.86. The smallest absolute Gasteiger partial charge is 0.221 e. The molecule has 0 fully saturated rings. The Balaban J connectivity index is 3.16. The van der Waals surface area contributed by atoms with Crippen molar-refractivity contribution in [3.63, 3.8) is 0 Å². The maximum absolute atomic E-state index is 14.6. The minimum atomic E-state index is -4.70. The molecule has 0 aromatic heterocycles. The van der Waals surface area contributed by atoms with Crippen LogP contribution in [-0.4, -0.2) is 48.1 Å². The maximum Gasteiger partial charge on any atom is 0.221 e. The highest BCUT2D eigenvalue weighted by molar-refractivity contribution is 7.92. The maximum atomic E-state index is 14.6. The summed E-state index contributed by atoms with van der Waals surface area (Å²) in [6.07, 6.45) is 2.95. The molecule has 0 aliphatic carbocycles. The predicted molar refractivity (Wildman–Crippen MR) is 154 cm³/mol. The first-order valence-corrected chi connectivity index (χ1v) is 14.9. The molecule has 13 heteroatoms. The van der Waals surface area contributed by atoms with Gasteiger partial charge in [-0.15, -0.1) is 0 Å². The van der Waals surface area contributed by atoms with Crippen LogP contribution >= 0.6 is 46.4 Å². The molecule has 0 radical (unpaired) electrons.